The predicted molar refractivity (Wildman–Crippen MR) is 327 cm³/mol. The van der Waals surface area contributed by atoms with Gasteiger partial charge >= 0.3 is 47.3 Å². The van der Waals surface area contributed by atoms with Gasteiger partial charge in [-0.25, -0.2) is 29.0 Å². The Bertz CT molecular complexity index is 3940. The highest BCUT2D eigenvalue weighted by Gasteiger charge is 2.67. The summed E-state index contributed by atoms with van der Waals surface area (Å²) in [6, 6.07) is 48.0. The summed E-state index contributed by atoms with van der Waals surface area (Å²) in [4.78, 5) is 117. The van der Waals surface area contributed by atoms with E-state index in [9.17, 15) is 0 Å². The van der Waals surface area contributed by atoms with Gasteiger partial charge in [0.15, 0.2) is 0 Å². The third-order valence-corrected chi connectivity index (χ3v) is 18.1. The van der Waals surface area contributed by atoms with Gasteiger partial charge in [-0.1, -0.05) is 133 Å². The summed E-state index contributed by atoms with van der Waals surface area (Å²) >= 11 is 0. The molecule has 0 spiro atoms. The fourth-order valence-corrected chi connectivity index (χ4v) is 13.8. The second-order valence-electron chi connectivity index (χ2n) is 22.9. The molecule has 8 heterocycles. The number of fused-ring (bicyclic) bond motifs is 4. The number of aromatic amines is 4. The molecular formula is C68H64N10O8. The molecule has 4 aromatic heterocycles. The van der Waals surface area contributed by atoms with Gasteiger partial charge in [-0.05, 0) is 125 Å². The fourth-order valence-electron chi connectivity index (χ4n) is 13.8. The first-order valence-electron chi connectivity index (χ1n) is 29.7. The first-order chi connectivity index (χ1) is 42.1. The van der Waals surface area contributed by atoms with Gasteiger partial charge in [-0.2, -0.15) is 0 Å². The number of anilines is 2. The van der Waals surface area contributed by atoms with Crippen LogP contribution in [-0.2, 0) is 40.1 Å². The molecule has 18 nitrogen and oxygen atoms in total. The number of aromatic nitrogens is 4. The molecule has 6 aromatic carbocycles. The van der Waals surface area contributed by atoms with Crippen LogP contribution in [0.15, 0.2) is 183 Å². The zero-order valence-corrected chi connectivity index (χ0v) is 47.3. The van der Waals surface area contributed by atoms with Crippen molar-refractivity contribution in [2.45, 2.75) is 61.8 Å². The number of urea groups is 2. The van der Waals surface area contributed by atoms with Crippen LogP contribution in [0.5, 0.6) is 0 Å². The number of imide groups is 2. The Labute approximate surface area is 495 Å². The molecule has 10 aromatic rings. The van der Waals surface area contributed by atoms with Crippen LogP contribution in [0.4, 0.5) is 21.0 Å². The van der Waals surface area contributed by atoms with Crippen LogP contribution in [0.2, 0.25) is 0 Å². The summed E-state index contributed by atoms with van der Waals surface area (Å²) in [5.74, 6) is -4.39. The molecule has 18 heteroatoms. The number of carbonyl (C=O) groups excluding carboxylic acids is 6. The van der Waals surface area contributed by atoms with E-state index in [4.69, 9.17) is 9.47 Å². The number of ether oxygens (including phenoxy) is 2. The van der Waals surface area contributed by atoms with E-state index in [0.717, 1.165) is 71.5 Å². The van der Waals surface area contributed by atoms with E-state index in [1.807, 2.05) is 36.4 Å². The van der Waals surface area contributed by atoms with Crippen LogP contribution in [0, 0.1) is 0 Å². The molecule has 0 saturated carbocycles. The number of likely N-dealkylation sites (tertiary alicyclic amines) is 2. The summed E-state index contributed by atoms with van der Waals surface area (Å²) < 4.78 is 13.2. The van der Waals surface area contributed by atoms with E-state index in [0.29, 0.717) is 81.4 Å². The number of nitrogens with one attached hydrogen (secondary N) is 4. The molecule has 0 bridgehead atoms. The summed E-state index contributed by atoms with van der Waals surface area (Å²) in [5, 5.41) is 1.91. The average molecular weight is 1150 g/mol. The van der Waals surface area contributed by atoms with E-state index in [-0.39, 0.29) is 35.6 Å². The third-order valence-electron chi connectivity index (χ3n) is 18.1. The molecule has 4 aliphatic rings. The summed E-state index contributed by atoms with van der Waals surface area (Å²) in [7, 11) is 0. The number of amides is 6. The number of hydrogen-bond acceptors (Lipinski definition) is 10. The molecule has 0 aliphatic carbocycles. The van der Waals surface area contributed by atoms with E-state index >= 15 is 28.8 Å². The van der Waals surface area contributed by atoms with Crippen molar-refractivity contribution >= 4 is 90.8 Å². The number of benzene rings is 6. The van der Waals surface area contributed by atoms with Crippen molar-refractivity contribution in [2.75, 3.05) is 62.2 Å². The van der Waals surface area contributed by atoms with E-state index in [1.54, 1.807) is 85.2 Å². The molecule has 6 amide bonds. The van der Waals surface area contributed by atoms with E-state index < -0.39 is 47.3 Å². The van der Waals surface area contributed by atoms with Crippen molar-refractivity contribution in [2.24, 2.45) is 0 Å². The minimum absolute atomic E-state index is 0.0527. The zero-order chi connectivity index (χ0) is 58.5. The summed E-state index contributed by atoms with van der Waals surface area (Å²) in [6.07, 6.45) is 10.8. The molecular weight excluding hydrogens is 1080 g/mol. The molecule has 4 fully saturated rings. The predicted octanol–water partition coefficient (Wildman–Crippen LogP) is 11.2. The number of para-hydroxylation sites is 4. The van der Waals surface area contributed by atoms with Gasteiger partial charge in [0, 0.05) is 81.5 Å². The van der Waals surface area contributed by atoms with Crippen LogP contribution in [-0.4, -0.2) is 128 Å². The van der Waals surface area contributed by atoms with E-state index in [1.165, 1.54) is 23.5 Å². The first-order valence-corrected chi connectivity index (χ1v) is 29.7. The average Bonchev–Trinajstić information content (AvgIpc) is 1.60. The van der Waals surface area contributed by atoms with Crippen LogP contribution in [0.1, 0.15) is 72.6 Å². The number of piperidine rings is 2. The van der Waals surface area contributed by atoms with Crippen molar-refractivity contribution in [1.82, 2.24) is 39.5 Å². The Balaban J connectivity index is 0.827. The molecule has 0 radical (unpaired) electrons. The quantitative estimate of drug-likeness (QED) is 0.0409. The van der Waals surface area contributed by atoms with Crippen LogP contribution < -0.4 is 9.80 Å². The second-order valence-corrected chi connectivity index (χ2v) is 22.9. The monoisotopic (exact) mass is 1150 g/mol. The highest BCUT2D eigenvalue weighted by Crippen LogP contribution is 2.50. The highest BCUT2D eigenvalue weighted by atomic mass is 16.6. The molecule has 4 aliphatic heterocycles. The Kier molecular flexibility index (Phi) is 14.1. The molecule has 2 unspecified atom stereocenters. The Hall–Kier alpha value is -9.78. The summed E-state index contributed by atoms with van der Waals surface area (Å²) in [6.45, 7) is 4.39. The van der Waals surface area contributed by atoms with Crippen LogP contribution in [0.3, 0.4) is 0 Å². The topological polar surface area (TPSA) is 203 Å². The van der Waals surface area contributed by atoms with Crippen LogP contribution in [0.25, 0.3) is 43.6 Å². The zero-order valence-electron chi connectivity index (χ0n) is 47.3. The van der Waals surface area contributed by atoms with Crippen molar-refractivity contribution in [3.63, 3.8) is 0 Å². The number of nitrogens with zero attached hydrogens (tertiary/aromatic N) is 6. The minimum atomic E-state index is -2.69. The molecule has 4 N–H and O–H groups in total. The van der Waals surface area contributed by atoms with Gasteiger partial charge in [0.1, 0.15) is 0 Å². The van der Waals surface area contributed by atoms with Gasteiger partial charge in [-0.3, -0.25) is 19.4 Å². The van der Waals surface area contributed by atoms with Crippen molar-refractivity contribution in [3.8, 4) is 0 Å². The SMILES string of the molecule is O=C(OC1(c2c[nH]c3ccccc23)C(=O)N(CCCN2CCC(c3ccccc3)CC2)C(=O)N1c1c[nH]c2ccccc12)C(=O)OC1(c2c[nH]c3ccccc23)C(=O)N(CCCN2CCC(c3ccccc3)CC2)C(=O)N1c1c[nH]c2ccccc12. The second kappa shape index (κ2) is 22.3. The maximum absolute atomic E-state index is 16.0. The van der Waals surface area contributed by atoms with Gasteiger partial charge < -0.3 is 39.2 Å². The number of H-pyrrole nitrogens is 4. The lowest BCUT2D eigenvalue weighted by Gasteiger charge is -2.35. The van der Waals surface area contributed by atoms with Crippen molar-refractivity contribution < 1.29 is 38.2 Å². The van der Waals surface area contributed by atoms with Gasteiger partial charge in [0.25, 0.3) is 0 Å². The largest absolute Gasteiger partial charge is 0.420 e. The normalized spacial score (nSPS) is 20.2. The standard InChI is InChI=1S/C68H64N10O8/c79-61(85-67(53-41-69-55-25-11-7-21-49(53)55)63(81)75(65(83)77(67)59-43-71-57-27-13-9-23-51(57)59)35-15-33-73-37-29-47(30-38-73)45-17-3-1-4-18-45)62(80)86-68(54-42-70-56-26-12-8-22-50(54)56)64(82)76(66(84)78(68)60-44-72-58-28-14-10-24-52(58)60)36-16-34-74-39-31-48(32-40-74)46-19-5-2-6-20-46/h1-14,17-28,41-44,47-48,69-72H,15-16,29-40H2. The lowest BCUT2D eigenvalue weighted by Crippen LogP contribution is -2.54. The highest BCUT2D eigenvalue weighted by molar-refractivity contribution is 6.32. The Morgan fingerprint density at radius 1 is 0.407 bits per heavy atom. The van der Waals surface area contributed by atoms with Crippen LogP contribution >= 0.6 is 0 Å². The van der Waals surface area contributed by atoms with E-state index in [2.05, 4.69) is 78.3 Å². The summed E-state index contributed by atoms with van der Waals surface area (Å²) in [5.41, 5.74) is 0.132. The third kappa shape index (κ3) is 9.18. The van der Waals surface area contributed by atoms with Crippen molar-refractivity contribution in [3.05, 3.63) is 205 Å². The maximum Gasteiger partial charge on any atom is 0.420 e. The lowest BCUT2D eigenvalue weighted by atomic mass is 9.89. The van der Waals surface area contributed by atoms with Gasteiger partial charge in [-0.15, -0.1) is 0 Å². The van der Waals surface area contributed by atoms with Gasteiger partial charge in [0.2, 0.25) is 0 Å². The number of carbonyl (C=O) groups is 6. The molecule has 434 valence electrons. The smallest absolute Gasteiger partial charge is 0.415 e. The number of rotatable bonds is 16. The van der Waals surface area contributed by atoms with Gasteiger partial charge in [0.05, 0.1) is 22.5 Å². The maximum atomic E-state index is 16.0. The van der Waals surface area contributed by atoms with Crippen molar-refractivity contribution in [1.29, 1.82) is 0 Å². The Morgan fingerprint density at radius 2 is 0.733 bits per heavy atom. The molecule has 14 rings (SSSR count). The molecule has 4 saturated heterocycles. The minimum Gasteiger partial charge on any atom is -0.415 e. The fraction of sp³-hybridized carbons (Fsp3) is 0.265. The lowest BCUT2D eigenvalue weighted by molar-refractivity contribution is -0.189. The first kappa shape index (κ1) is 54.2. The Morgan fingerprint density at radius 3 is 1.12 bits per heavy atom. The molecule has 86 heavy (non-hydrogen) atoms. The number of esters is 2. The molecule has 2 atom stereocenters. The number of hydrogen-bond donors (Lipinski definition) is 4.